The first kappa shape index (κ1) is 15.7. The summed E-state index contributed by atoms with van der Waals surface area (Å²) in [7, 11) is 4.01. The highest BCUT2D eigenvalue weighted by Gasteiger charge is 2.02. The van der Waals surface area contributed by atoms with Gasteiger partial charge in [0.1, 0.15) is 0 Å². The van der Waals surface area contributed by atoms with E-state index in [1.165, 1.54) is 0 Å². The third-order valence-corrected chi connectivity index (χ3v) is 3.42. The molecule has 0 spiro atoms. The molecule has 0 bridgehead atoms. The molecule has 24 heavy (non-hydrogen) atoms. The first-order chi connectivity index (χ1) is 11.7. The minimum atomic E-state index is 0.451. The van der Waals surface area contributed by atoms with Crippen molar-refractivity contribution in [2.45, 2.75) is 6.54 Å². The number of hydrogen-bond acceptors (Lipinski definition) is 7. The number of nitrogens with zero attached hydrogens (tertiary/aromatic N) is 5. The summed E-state index contributed by atoms with van der Waals surface area (Å²) in [6.07, 6.45) is 5.13. The maximum atomic E-state index is 4.42. The maximum absolute atomic E-state index is 4.42. The van der Waals surface area contributed by atoms with Crippen LogP contribution >= 0.6 is 0 Å². The Morgan fingerprint density at radius 1 is 1.00 bits per heavy atom. The van der Waals surface area contributed by atoms with Crippen LogP contribution in [0.1, 0.15) is 5.56 Å². The minimum absolute atomic E-state index is 0.451. The van der Waals surface area contributed by atoms with E-state index in [1.807, 2.05) is 55.4 Å². The molecule has 0 aliphatic carbocycles. The molecule has 2 aromatic heterocycles. The zero-order valence-electron chi connectivity index (χ0n) is 13.6. The molecule has 0 aliphatic rings. The largest absolute Gasteiger partial charge is 0.378 e. The Hall–Kier alpha value is -3.22. The second-order valence-corrected chi connectivity index (χ2v) is 5.44. The van der Waals surface area contributed by atoms with Crippen LogP contribution in [0.15, 0.2) is 55.0 Å². The Kier molecular flexibility index (Phi) is 4.81. The van der Waals surface area contributed by atoms with Crippen LogP contribution in [0.4, 0.5) is 23.1 Å². The van der Waals surface area contributed by atoms with Crippen molar-refractivity contribution in [3.8, 4) is 0 Å². The number of pyridine rings is 1. The van der Waals surface area contributed by atoms with E-state index in [0.717, 1.165) is 16.9 Å². The smallest absolute Gasteiger partial charge is 0.249 e. The summed E-state index contributed by atoms with van der Waals surface area (Å²) in [4.78, 5) is 10.5. The number of rotatable bonds is 6. The Morgan fingerprint density at radius 2 is 1.75 bits per heavy atom. The predicted molar refractivity (Wildman–Crippen MR) is 95.4 cm³/mol. The van der Waals surface area contributed by atoms with Gasteiger partial charge in [0.05, 0.1) is 6.20 Å². The van der Waals surface area contributed by atoms with Gasteiger partial charge in [-0.05, 0) is 42.0 Å². The third-order valence-electron chi connectivity index (χ3n) is 3.42. The SMILES string of the molecule is CN(C)c1ccc(Nc2nncc(NCc3ccncc3)n2)cc1. The normalized spacial score (nSPS) is 10.2. The summed E-state index contributed by atoms with van der Waals surface area (Å²) in [5.74, 6) is 1.11. The number of anilines is 4. The molecule has 0 saturated heterocycles. The zero-order chi connectivity index (χ0) is 16.8. The molecule has 2 heterocycles. The maximum Gasteiger partial charge on any atom is 0.249 e. The van der Waals surface area contributed by atoms with Crippen molar-refractivity contribution in [1.29, 1.82) is 0 Å². The quantitative estimate of drug-likeness (QED) is 0.722. The molecule has 1 aromatic carbocycles. The second-order valence-electron chi connectivity index (χ2n) is 5.44. The second kappa shape index (κ2) is 7.36. The molecule has 3 rings (SSSR count). The van der Waals surface area contributed by atoms with Gasteiger partial charge < -0.3 is 15.5 Å². The lowest BCUT2D eigenvalue weighted by Crippen LogP contribution is -2.08. The topological polar surface area (TPSA) is 78.9 Å². The molecule has 0 aliphatic heterocycles. The van der Waals surface area contributed by atoms with E-state index in [-0.39, 0.29) is 0 Å². The van der Waals surface area contributed by atoms with Crippen molar-refractivity contribution in [3.05, 3.63) is 60.6 Å². The molecule has 122 valence electrons. The van der Waals surface area contributed by atoms with Crippen LogP contribution in [0.3, 0.4) is 0 Å². The Morgan fingerprint density at radius 3 is 2.46 bits per heavy atom. The van der Waals surface area contributed by atoms with Crippen LogP contribution in [0.2, 0.25) is 0 Å². The molecule has 0 amide bonds. The van der Waals surface area contributed by atoms with Crippen molar-refractivity contribution in [2.75, 3.05) is 29.6 Å². The van der Waals surface area contributed by atoms with Gasteiger partial charge in [-0.1, -0.05) is 0 Å². The van der Waals surface area contributed by atoms with Crippen molar-refractivity contribution < 1.29 is 0 Å². The van der Waals surface area contributed by atoms with Crippen molar-refractivity contribution >= 4 is 23.1 Å². The first-order valence-electron chi connectivity index (χ1n) is 7.57. The zero-order valence-corrected chi connectivity index (χ0v) is 13.6. The molecular weight excluding hydrogens is 302 g/mol. The molecule has 3 aromatic rings. The van der Waals surface area contributed by atoms with Crippen LogP contribution in [0, 0.1) is 0 Å². The molecule has 7 heteroatoms. The Balaban J connectivity index is 1.64. The van der Waals surface area contributed by atoms with Gasteiger partial charge in [0, 0.05) is 44.4 Å². The van der Waals surface area contributed by atoms with Crippen LogP contribution in [0.25, 0.3) is 0 Å². The highest BCUT2D eigenvalue weighted by atomic mass is 15.3. The van der Waals surface area contributed by atoms with Crippen molar-refractivity contribution in [3.63, 3.8) is 0 Å². The fourth-order valence-corrected chi connectivity index (χ4v) is 2.11. The highest BCUT2D eigenvalue weighted by Crippen LogP contribution is 2.18. The van der Waals surface area contributed by atoms with Crippen LogP contribution in [-0.4, -0.2) is 34.3 Å². The van der Waals surface area contributed by atoms with E-state index in [1.54, 1.807) is 18.6 Å². The average molecular weight is 321 g/mol. The predicted octanol–water partition coefficient (Wildman–Crippen LogP) is 2.69. The Bertz CT molecular complexity index is 772. The van der Waals surface area contributed by atoms with Gasteiger partial charge in [-0.15, -0.1) is 5.10 Å². The van der Waals surface area contributed by atoms with E-state index in [2.05, 4.69) is 30.8 Å². The summed E-state index contributed by atoms with van der Waals surface area (Å²) < 4.78 is 0. The molecule has 7 nitrogen and oxygen atoms in total. The molecule has 0 atom stereocenters. The van der Waals surface area contributed by atoms with E-state index >= 15 is 0 Å². The average Bonchev–Trinajstić information content (AvgIpc) is 2.62. The highest BCUT2D eigenvalue weighted by molar-refractivity contribution is 5.59. The molecule has 2 N–H and O–H groups in total. The fraction of sp³-hybridized carbons (Fsp3) is 0.176. The van der Waals surface area contributed by atoms with Gasteiger partial charge in [0.25, 0.3) is 0 Å². The van der Waals surface area contributed by atoms with Gasteiger partial charge in [-0.2, -0.15) is 10.1 Å². The lowest BCUT2D eigenvalue weighted by Gasteiger charge is -2.13. The van der Waals surface area contributed by atoms with Crippen LogP contribution in [-0.2, 0) is 6.54 Å². The van der Waals surface area contributed by atoms with Gasteiger partial charge >= 0.3 is 0 Å². The molecule has 0 radical (unpaired) electrons. The van der Waals surface area contributed by atoms with E-state index in [4.69, 9.17) is 0 Å². The van der Waals surface area contributed by atoms with Gasteiger partial charge in [-0.25, -0.2) is 0 Å². The van der Waals surface area contributed by atoms with E-state index in [9.17, 15) is 0 Å². The number of nitrogens with one attached hydrogen (secondary N) is 2. The monoisotopic (exact) mass is 321 g/mol. The standard InChI is InChI=1S/C17H19N7/c1-24(2)15-5-3-14(4-6-15)21-17-22-16(12-20-23-17)19-11-13-7-9-18-10-8-13/h3-10,12H,11H2,1-2H3,(H2,19,21,22,23). The fourth-order valence-electron chi connectivity index (χ4n) is 2.11. The molecular formula is C17H19N7. The van der Waals surface area contributed by atoms with Gasteiger partial charge in [-0.3, -0.25) is 4.98 Å². The van der Waals surface area contributed by atoms with Crippen LogP contribution < -0.4 is 15.5 Å². The molecule has 0 fully saturated rings. The summed E-state index contributed by atoms with van der Waals surface area (Å²) in [6.45, 7) is 0.651. The van der Waals surface area contributed by atoms with E-state index in [0.29, 0.717) is 18.3 Å². The van der Waals surface area contributed by atoms with Crippen molar-refractivity contribution in [2.24, 2.45) is 0 Å². The first-order valence-corrected chi connectivity index (χ1v) is 7.57. The lowest BCUT2D eigenvalue weighted by molar-refractivity contribution is 0.965. The van der Waals surface area contributed by atoms with Gasteiger partial charge in [0.15, 0.2) is 5.82 Å². The summed E-state index contributed by atoms with van der Waals surface area (Å²) in [5.41, 5.74) is 3.17. The number of benzene rings is 1. The van der Waals surface area contributed by atoms with E-state index < -0.39 is 0 Å². The molecule has 0 saturated carbocycles. The Labute approximate surface area is 140 Å². The third kappa shape index (κ3) is 4.16. The molecule has 0 unspecified atom stereocenters. The minimum Gasteiger partial charge on any atom is -0.378 e. The van der Waals surface area contributed by atoms with Crippen LogP contribution in [0.5, 0.6) is 0 Å². The number of hydrogen-bond donors (Lipinski definition) is 2. The summed E-state index contributed by atoms with van der Waals surface area (Å²) in [6, 6.07) is 11.9. The van der Waals surface area contributed by atoms with Gasteiger partial charge in [0.2, 0.25) is 5.95 Å². The van der Waals surface area contributed by atoms with Crippen molar-refractivity contribution in [1.82, 2.24) is 20.2 Å². The summed E-state index contributed by atoms with van der Waals surface area (Å²) >= 11 is 0. The lowest BCUT2D eigenvalue weighted by atomic mass is 10.2. The number of aromatic nitrogens is 4. The summed E-state index contributed by atoms with van der Waals surface area (Å²) in [5, 5.41) is 14.4.